The van der Waals surface area contributed by atoms with Crippen molar-refractivity contribution in [2.45, 2.75) is 19.4 Å². The van der Waals surface area contributed by atoms with Crippen molar-refractivity contribution in [1.29, 1.82) is 5.26 Å². The van der Waals surface area contributed by atoms with E-state index in [-0.39, 0.29) is 6.10 Å². The molecule has 2 rings (SSSR count). The number of rotatable bonds is 4. The average molecular weight is 244 g/mol. The maximum absolute atomic E-state index is 8.68. The molecule has 0 aliphatic rings. The second-order valence-electron chi connectivity index (χ2n) is 3.63. The van der Waals surface area contributed by atoms with Gasteiger partial charge < -0.3 is 9.26 Å². The quantitative estimate of drug-likeness (QED) is 0.818. The Morgan fingerprint density at radius 3 is 2.89 bits per heavy atom. The van der Waals surface area contributed by atoms with E-state index in [1.807, 2.05) is 13.0 Å². The van der Waals surface area contributed by atoms with Gasteiger partial charge in [-0.25, -0.2) is 4.98 Å². The topological polar surface area (TPSA) is 84.8 Å². The summed E-state index contributed by atoms with van der Waals surface area (Å²) in [4.78, 5) is 8.31. The highest BCUT2D eigenvalue weighted by atomic mass is 16.5. The van der Waals surface area contributed by atoms with Crippen LogP contribution in [0.25, 0.3) is 11.6 Å². The molecule has 0 amide bonds. The SMILES string of the molecule is CCC(OC)c1noc(-c2ccc(C#N)cn2)n1. The van der Waals surface area contributed by atoms with Gasteiger partial charge >= 0.3 is 0 Å². The summed E-state index contributed by atoms with van der Waals surface area (Å²) < 4.78 is 10.3. The van der Waals surface area contributed by atoms with E-state index in [4.69, 9.17) is 14.5 Å². The molecule has 0 bridgehead atoms. The van der Waals surface area contributed by atoms with Crippen molar-refractivity contribution in [3.8, 4) is 17.7 Å². The Labute approximate surface area is 104 Å². The highest BCUT2D eigenvalue weighted by molar-refractivity contribution is 5.47. The number of hydrogen-bond acceptors (Lipinski definition) is 6. The molecular weight excluding hydrogens is 232 g/mol. The lowest BCUT2D eigenvalue weighted by Crippen LogP contribution is -2.01. The molecule has 6 heteroatoms. The number of ether oxygens (including phenoxy) is 1. The Morgan fingerprint density at radius 2 is 2.33 bits per heavy atom. The van der Waals surface area contributed by atoms with Crippen molar-refractivity contribution in [3.63, 3.8) is 0 Å². The molecule has 92 valence electrons. The Bertz CT molecular complexity index is 552. The van der Waals surface area contributed by atoms with Crippen LogP contribution in [0, 0.1) is 11.3 Å². The Balaban J connectivity index is 2.26. The smallest absolute Gasteiger partial charge is 0.276 e. The zero-order valence-corrected chi connectivity index (χ0v) is 10.1. The van der Waals surface area contributed by atoms with Crippen LogP contribution in [0.15, 0.2) is 22.9 Å². The summed E-state index contributed by atoms with van der Waals surface area (Å²) in [5, 5.41) is 12.5. The summed E-state index contributed by atoms with van der Waals surface area (Å²) in [6.07, 6.45) is 2.05. The van der Waals surface area contributed by atoms with E-state index in [1.54, 1.807) is 19.2 Å². The maximum Gasteiger partial charge on any atom is 0.276 e. The van der Waals surface area contributed by atoms with Crippen molar-refractivity contribution >= 4 is 0 Å². The summed E-state index contributed by atoms with van der Waals surface area (Å²) in [6.45, 7) is 1.98. The third-order valence-corrected chi connectivity index (χ3v) is 2.50. The minimum atomic E-state index is -0.180. The molecule has 0 aliphatic carbocycles. The van der Waals surface area contributed by atoms with E-state index >= 15 is 0 Å². The predicted octanol–water partition coefficient (Wildman–Crippen LogP) is 2.10. The fraction of sp³-hybridized carbons (Fsp3) is 0.333. The van der Waals surface area contributed by atoms with Gasteiger partial charge in [-0.05, 0) is 18.6 Å². The summed E-state index contributed by atoms with van der Waals surface area (Å²) in [5.74, 6) is 0.825. The van der Waals surface area contributed by atoms with E-state index in [1.165, 1.54) is 6.20 Å². The second kappa shape index (κ2) is 5.38. The van der Waals surface area contributed by atoms with Gasteiger partial charge in [0.1, 0.15) is 17.9 Å². The van der Waals surface area contributed by atoms with Crippen LogP contribution in [-0.2, 0) is 4.74 Å². The first kappa shape index (κ1) is 12.2. The largest absolute Gasteiger partial charge is 0.373 e. The maximum atomic E-state index is 8.68. The fourth-order valence-corrected chi connectivity index (χ4v) is 1.51. The Morgan fingerprint density at radius 1 is 1.50 bits per heavy atom. The van der Waals surface area contributed by atoms with Crippen LogP contribution < -0.4 is 0 Å². The van der Waals surface area contributed by atoms with Crippen molar-refractivity contribution in [2.75, 3.05) is 7.11 Å². The van der Waals surface area contributed by atoms with E-state index in [2.05, 4.69) is 15.1 Å². The molecule has 0 saturated heterocycles. The Kier molecular flexibility index (Phi) is 3.65. The summed E-state index contributed by atoms with van der Waals surface area (Å²) in [5.41, 5.74) is 1.03. The monoisotopic (exact) mass is 244 g/mol. The van der Waals surface area contributed by atoms with Gasteiger partial charge in [0.2, 0.25) is 5.82 Å². The summed E-state index contributed by atoms with van der Waals surface area (Å²) in [6, 6.07) is 5.32. The number of pyridine rings is 1. The molecule has 2 heterocycles. The predicted molar refractivity (Wildman–Crippen MR) is 62.3 cm³/mol. The average Bonchev–Trinajstić information content (AvgIpc) is 2.90. The lowest BCUT2D eigenvalue weighted by Gasteiger charge is -2.05. The molecular formula is C12H12N4O2. The minimum absolute atomic E-state index is 0.180. The van der Waals surface area contributed by atoms with Crippen molar-refractivity contribution in [2.24, 2.45) is 0 Å². The molecule has 6 nitrogen and oxygen atoms in total. The van der Waals surface area contributed by atoms with Gasteiger partial charge in [-0.2, -0.15) is 10.2 Å². The standard InChI is InChI=1S/C12H12N4O2/c1-3-10(17-2)11-15-12(18-16-11)9-5-4-8(6-13)7-14-9/h4-5,7,10H,3H2,1-2H3. The van der Waals surface area contributed by atoms with Gasteiger partial charge in [-0.3, -0.25) is 0 Å². The number of nitriles is 1. The van der Waals surface area contributed by atoms with Gasteiger partial charge in [0.25, 0.3) is 5.89 Å². The highest BCUT2D eigenvalue weighted by Gasteiger charge is 2.17. The first-order chi connectivity index (χ1) is 8.78. The number of aromatic nitrogens is 3. The van der Waals surface area contributed by atoms with Crippen LogP contribution in [0.3, 0.4) is 0 Å². The third-order valence-electron chi connectivity index (χ3n) is 2.50. The molecule has 0 saturated carbocycles. The van der Waals surface area contributed by atoms with Crippen LogP contribution in [0.5, 0.6) is 0 Å². The lowest BCUT2D eigenvalue weighted by molar-refractivity contribution is 0.0903. The summed E-state index contributed by atoms with van der Waals surface area (Å²) in [7, 11) is 1.60. The minimum Gasteiger partial charge on any atom is -0.373 e. The van der Waals surface area contributed by atoms with Crippen LogP contribution in [-0.4, -0.2) is 22.2 Å². The molecule has 18 heavy (non-hydrogen) atoms. The second-order valence-corrected chi connectivity index (χ2v) is 3.63. The van der Waals surface area contributed by atoms with Crippen molar-refractivity contribution in [3.05, 3.63) is 29.7 Å². The zero-order valence-electron chi connectivity index (χ0n) is 10.1. The van der Waals surface area contributed by atoms with Gasteiger partial charge in [-0.15, -0.1) is 0 Å². The van der Waals surface area contributed by atoms with Crippen LogP contribution in [0.2, 0.25) is 0 Å². The molecule has 1 atom stereocenters. The summed E-state index contributed by atoms with van der Waals surface area (Å²) >= 11 is 0. The number of nitrogens with zero attached hydrogens (tertiary/aromatic N) is 4. The van der Waals surface area contributed by atoms with Gasteiger partial charge in [0.05, 0.1) is 5.56 Å². The van der Waals surface area contributed by atoms with E-state index in [9.17, 15) is 0 Å². The van der Waals surface area contributed by atoms with Gasteiger partial charge in [0.15, 0.2) is 0 Å². The van der Waals surface area contributed by atoms with Gasteiger partial charge in [0, 0.05) is 13.3 Å². The van der Waals surface area contributed by atoms with E-state index in [0.717, 1.165) is 6.42 Å². The molecule has 0 fully saturated rings. The van der Waals surface area contributed by atoms with Crippen LogP contribution >= 0.6 is 0 Å². The van der Waals surface area contributed by atoms with E-state index in [0.29, 0.717) is 23.0 Å². The Hall–Kier alpha value is -2.26. The third kappa shape index (κ3) is 2.36. The van der Waals surface area contributed by atoms with Crippen LogP contribution in [0.4, 0.5) is 0 Å². The van der Waals surface area contributed by atoms with Gasteiger partial charge in [-0.1, -0.05) is 12.1 Å². The molecule has 0 aliphatic heterocycles. The van der Waals surface area contributed by atoms with Crippen molar-refractivity contribution < 1.29 is 9.26 Å². The molecule has 2 aromatic heterocycles. The number of hydrogen-bond donors (Lipinski definition) is 0. The molecule has 1 unspecified atom stereocenters. The highest BCUT2D eigenvalue weighted by Crippen LogP contribution is 2.21. The first-order valence-corrected chi connectivity index (χ1v) is 5.51. The molecule has 0 radical (unpaired) electrons. The zero-order chi connectivity index (χ0) is 13.0. The van der Waals surface area contributed by atoms with E-state index < -0.39 is 0 Å². The van der Waals surface area contributed by atoms with Crippen LogP contribution in [0.1, 0.15) is 30.8 Å². The first-order valence-electron chi connectivity index (χ1n) is 5.51. The normalized spacial score (nSPS) is 12.1. The van der Waals surface area contributed by atoms with Crippen molar-refractivity contribution in [1.82, 2.24) is 15.1 Å². The molecule has 0 spiro atoms. The molecule has 0 aromatic carbocycles. The molecule has 2 aromatic rings. The lowest BCUT2D eigenvalue weighted by atomic mass is 10.2. The molecule has 0 N–H and O–H groups in total. The fourth-order valence-electron chi connectivity index (χ4n) is 1.51. The number of methoxy groups -OCH3 is 1.